The summed E-state index contributed by atoms with van der Waals surface area (Å²) in [7, 11) is 0. The van der Waals surface area contributed by atoms with Crippen LogP contribution in [0.15, 0.2) is 29.6 Å². The minimum absolute atomic E-state index is 0. The third kappa shape index (κ3) is 5.63. The molecule has 0 fully saturated rings. The van der Waals surface area contributed by atoms with Crippen molar-refractivity contribution in [2.75, 3.05) is 0 Å². The van der Waals surface area contributed by atoms with Crippen LogP contribution >= 0.6 is 0 Å². The van der Waals surface area contributed by atoms with Crippen LogP contribution in [0.1, 0.15) is 26.5 Å². The van der Waals surface area contributed by atoms with Crippen LogP contribution in [0.3, 0.4) is 0 Å². The van der Waals surface area contributed by atoms with Gasteiger partial charge in [0.15, 0.2) is 6.20 Å². The number of carbonyl (C=O) groups excluding carboxylic acids is 1. The van der Waals surface area contributed by atoms with E-state index in [2.05, 4.69) is 10.5 Å². The number of nitrogens with zero attached hydrogens (tertiary/aromatic N) is 2. The van der Waals surface area contributed by atoms with Gasteiger partial charge in [0.2, 0.25) is 12.2 Å². The monoisotopic (exact) mass is 271 g/mol. The average molecular weight is 272 g/mol. The normalized spacial score (nSPS) is 11.1. The molecule has 5 nitrogen and oxygen atoms in total. The van der Waals surface area contributed by atoms with Gasteiger partial charge in [-0.1, -0.05) is 5.16 Å². The van der Waals surface area contributed by atoms with E-state index in [1.807, 2.05) is 32.9 Å². The number of amides is 1. The first-order valence-corrected chi connectivity index (χ1v) is 5.39. The average Bonchev–Trinajstić information content (AvgIpc) is 2.18. The number of halogens is 1. The van der Waals surface area contributed by atoms with Gasteiger partial charge in [0.1, 0.15) is 6.21 Å². The van der Waals surface area contributed by atoms with E-state index >= 15 is 0 Å². The summed E-state index contributed by atoms with van der Waals surface area (Å²) in [5.74, 6) is -0.0821. The molecule has 0 aromatic carbocycles. The minimum Gasteiger partial charge on any atom is -1.00 e. The van der Waals surface area contributed by atoms with Gasteiger partial charge >= 0.3 is 0 Å². The Bertz CT molecular complexity index is 428. The first-order valence-electron chi connectivity index (χ1n) is 5.39. The first kappa shape index (κ1) is 16.4. The van der Waals surface area contributed by atoms with Crippen LogP contribution in [0.5, 0.6) is 0 Å². The lowest BCUT2D eigenvalue weighted by Crippen LogP contribution is -3.00. The third-order valence-corrected chi connectivity index (χ3v) is 1.99. The summed E-state index contributed by atoms with van der Waals surface area (Å²) >= 11 is 0. The molecule has 1 amide bonds. The SMILES string of the molecule is CC(C)(C)NC(=O)C[n+]1ccccc1/C=N/O.[Cl-]. The number of hydrogen-bond acceptors (Lipinski definition) is 3. The van der Waals surface area contributed by atoms with Crippen LogP contribution < -0.4 is 22.3 Å². The Morgan fingerprint density at radius 3 is 2.72 bits per heavy atom. The highest BCUT2D eigenvalue weighted by Crippen LogP contribution is 1.97. The molecule has 0 aliphatic rings. The van der Waals surface area contributed by atoms with Gasteiger partial charge in [-0.2, -0.15) is 4.57 Å². The van der Waals surface area contributed by atoms with Gasteiger partial charge in [-0.15, -0.1) is 0 Å². The predicted octanol–water partition coefficient (Wildman–Crippen LogP) is -2.30. The van der Waals surface area contributed by atoms with E-state index in [4.69, 9.17) is 5.21 Å². The van der Waals surface area contributed by atoms with Crippen molar-refractivity contribution in [3.63, 3.8) is 0 Å². The molecule has 0 saturated heterocycles. The molecule has 0 unspecified atom stereocenters. The van der Waals surface area contributed by atoms with E-state index < -0.39 is 0 Å². The van der Waals surface area contributed by atoms with Crippen LogP contribution in [0.4, 0.5) is 0 Å². The summed E-state index contributed by atoms with van der Waals surface area (Å²) in [5.41, 5.74) is 0.413. The zero-order valence-electron chi connectivity index (χ0n) is 10.7. The molecule has 0 saturated carbocycles. The lowest BCUT2D eigenvalue weighted by atomic mass is 10.1. The largest absolute Gasteiger partial charge is 1.00 e. The number of pyridine rings is 1. The lowest BCUT2D eigenvalue weighted by Gasteiger charge is -2.19. The Kier molecular flexibility index (Phi) is 6.33. The molecule has 0 radical (unpaired) electrons. The van der Waals surface area contributed by atoms with E-state index in [1.54, 1.807) is 16.8 Å². The van der Waals surface area contributed by atoms with Crippen LogP contribution in [0.2, 0.25) is 0 Å². The Hall–Kier alpha value is -1.62. The molecule has 0 aliphatic heterocycles. The van der Waals surface area contributed by atoms with E-state index in [0.29, 0.717) is 5.69 Å². The Morgan fingerprint density at radius 2 is 2.17 bits per heavy atom. The van der Waals surface area contributed by atoms with E-state index in [1.165, 1.54) is 6.21 Å². The van der Waals surface area contributed by atoms with Crippen molar-refractivity contribution >= 4 is 12.1 Å². The van der Waals surface area contributed by atoms with Gasteiger partial charge in [0, 0.05) is 17.7 Å². The van der Waals surface area contributed by atoms with Crippen LogP contribution in [0.25, 0.3) is 0 Å². The second kappa shape index (κ2) is 6.96. The van der Waals surface area contributed by atoms with Crippen molar-refractivity contribution in [3.05, 3.63) is 30.1 Å². The van der Waals surface area contributed by atoms with Crippen molar-refractivity contribution in [3.8, 4) is 0 Å². The zero-order chi connectivity index (χ0) is 12.9. The van der Waals surface area contributed by atoms with Crippen LogP contribution in [-0.4, -0.2) is 22.9 Å². The van der Waals surface area contributed by atoms with Crippen LogP contribution in [0, 0.1) is 0 Å². The first-order chi connectivity index (χ1) is 7.92. The standard InChI is InChI=1S/C12H17N3O2.ClH/c1-12(2,3)14-11(16)9-15-7-5-4-6-10(15)8-13-17;/h4-8H,9H2,1-3H3,(H,14,16);1H. The maximum Gasteiger partial charge on any atom is 0.286 e. The fraction of sp³-hybridized carbons (Fsp3) is 0.417. The highest BCUT2D eigenvalue weighted by atomic mass is 35.5. The third-order valence-electron chi connectivity index (χ3n) is 1.99. The zero-order valence-corrected chi connectivity index (χ0v) is 11.5. The summed E-state index contributed by atoms with van der Waals surface area (Å²) in [4.78, 5) is 11.7. The van der Waals surface area contributed by atoms with E-state index in [0.717, 1.165) is 0 Å². The van der Waals surface area contributed by atoms with Crippen LogP contribution in [-0.2, 0) is 11.3 Å². The van der Waals surface area contributed by atoms with Gasteiger partial charge in [0.05, 0.1) is 0 Å². The number of aromatic nitrogens is 1. The Labute approximate surface area is 113 Å². The predicted molar refractivity (Wildman–Crippen MR) is 63.9 cm³/mol. The second-order valence-corrected chi connectivity index (χ2v) is 4.80. The topological polar surface area (TPSA) is 65.6 Å². The molecule has 18 heavy (non-hydrogen) atoms. The smallest absolute Gasteiger partial charge is 0.286 e. The number of carbonyl (C=O) groups is 1. The van der Waals surface area contributed by atoms with Crippen molar-refractivity contribution in [1.82, 2.24) is 5.32 Å². The Morgan fingerprint density at radius 1 is 1.50 bits per heavy atom. The lowest BCUT2D eigenvalue weighted by molar-refractivity contribution is -0.685. The molecule has 100 valence electrons. The number of rotatable bonds is 3. The summed E-state index contributed by atoms with van der Waals surface area (Å²) in [5, 5.41) is 14.4. The molecule has 1 heterocycles. The fourth-order valence-corrected chi connectivity index (χ4v) is 1.42. The highest BCUT2D eigenvalue weighted by Gasteiger charge is 2.18. The van der Waals surface area contributed by atoms with E-state index in [9.17, 15) is 4.79 Å². The number of oxime groups is 1. The summed E-state index contributed by atoms with van der Waals surface area (Å²) < 4.78 is 1.71. The molecule has 2 N–H and O–H groups in total. The minimum atomic E-state index is -0.252. The van der Waals surface area contributed by atoms with Gasteiger partial charge in [-0.25, -0.2) is 0 Å². The van der Waals surface area contributed by atoms with Crippen molar-refractivity contribution in [2.24, 2.45) is 5.16 Å². The van der Waals surface area contributed by atoms with Gasteiger partial charge < -0.3 is 22.9 Å². The molecule has 0 spiro atoms. The van der Waals surface area contributed by atoms with Crippen molar-refractivity contribution < 1.29 is 27.0 Å². The quantitative estimate of drug-likeness (QED) is 0.281. The summed E-state index contributed by atoms with van der Waals surface area (Å²) in [6, 6.07) is 5.40. The van der Waals surface area contributed by atoms with Gasteiger partial charge in [-0.3, -0.25) is 4.79 Å². The molecule has 0 atom stereocenters. The summed E-state index contributed by atoms with van der Waals surface area (Å²) in [6.45, 7) is 5.98. The fourth-order valence-electron chi connectivity index (χ4n) is 1.42. The molecule has 1 aromatic heterocycles. The second-order valence-electron chi connectivity index (χ2n) is 4.80. The maximum atomic E-state index is 11.7. The molecule has 1 rings (SSSR count). The van der Waals surface area contributed by atoms with Gasteiger partial charge in [-0.05, 0) is 26.8 Å². The van der Waals surface area contributed by atoms with Crippen molar-refractivity contribution in [2.45, 2.75) is 32.9 Å². The van der Waals surface area contributed by atoms with Gasteiger partial charge in [0.25, 0.3) is 5.91 Å². The molecular formula is C12H18ClN3O2. The van der Waals surface area contributed by atoms with Crippen molar-refractivity contribution in [1.29, 1.82) is 0 Å². The molecular weight excluding hydrogens is 254 g/mol. The maximum absolute atomic E-state index is 11.7. The Balaban J connectivity index is 0.00000289. The highest BCUT2D eigenvalue weighted by molar-refractivity contribution is 5.77. The number of hydrogen-bond donors (Lipinski definition) is 2. The van der Waals surface area contributed by atoms with E-state index in [-0.39, 0.29) is 30.4 Å². The molecule has 1 aromatic rings. The molecule has 0 aliphatic carbocycles. The summed E-state index contributed by atoms with van der Waals surface area (Å²) in [6.07, 6.45) is 3.06. The molecule has 0 bridgehead atoms. The molecule has 6 heteroatoms. The number of nitrogens with one attached hydrogen (secondary N) is 1.